The van der Waals surface area contributed by atoms with Crippen molar-refractivity contribution in [1.29, 1.82) is 0 Å². The molecule has 3 aliphatic rings. The molecular formula is C17H19N. The minimum absolute atomic E-state index is 0.485. The second-order valence-electron chi connectivity index (χ2n) is 5.93. The van der Waals surface area contributed by atoms with E-state index in [1.807, 2.05) is 0 Å². The molecule has 3 fully saturated rings. The van der Waals surface area contributed by atoms with Crippen LogP contribution in [0.15, 0.2) is 42.5 Å². The molecule has 0 aromatic heterocycles. The second kappa shape index (κ2) is 3.83. The molecule has 2 bridgehead atoms. The molecule has 0 aliphatic carbocycles. The van der Waals surface area contributed by atoms with Crippen LogP contribution in [0.25, 0.3) is 10.8 Å². The van der Waals surface area contributed by atoms with E-state index in [0.717, 1.165) is 0 Å². The molecule has 2 aromatic rings. The topological polar surface area (TPSA) is 3.24 Å². The van der Waals surface area contributed by atoms with Crippen LogP contribution in [0.3, 0.4) is 0 Å². The van der Waals surface area contributed by atoms with Gasteiger partial charge in [0.1, 0.15) is 0 Å². The molecule has 0 saturated carbocycles. The zero-order chi connectivity index (χ0) is 12.0. The van der Waals surface area contributed by atoms with E-state index in [4.69, 9.17) is 0 Å². The van der Waals surface area contributed by atoms with E-state index in [1.165, 1.54) is 49.7 Å². The lowest BCUT2D eigenvalue weighted by Crippen LogP contribution is -2.50. The predicted octanol–water partition coefficient (Wildman–Crippen LogP) is 3.58. The molecule has 3 aliphatic heterocycles. The number of rotatable bonds is 1. The summed E-state index contributed by atoms with van der Waals surface area (Å²) in [6.45, 7) is 3.90. The van der Waals surface area contributed by atoms with Gasteiger partial charge in [0.2, 0.25) is 0 Å². The van der Waals surface area contributed by atoms with Crippen LogP contribution in [-0.4, -0.2) is 24.5 Å². The van der Waals surface area contributed by atoms with Crippen LogP contribution >= 0.6 is 0 Å². The molecule has 0 atom stereocenters. The van der Waals surface area contributed by atoms with Crippen molar-refractivity contribution in [1.82, 2.24) is 4.90 Å². The van der Waals surface area contributed by atoms with E-state index in [0.29, 0.717) is 5.41 Å². The van der Waals surface area contributed by atoms with Crippen molar-refractivity contribution in [2.24, 2.45) is 0 Å². The fourth-order valence-corrected chi connectivity index (χ4v) is 3.78. The number of hydrogen-bond donors (Lipinski definition) is 0. The van der Waals surface area contributed by atoms with Crippen molar-refractivity contribution in [3.63, 3.8) is 0 Å². The van der Waals surface area contributed by atoms with Gasteiger partial charge in [0.05, 0.1) is 0 Å². The average molecular weight is 237 g/mol. The summed E-state index contributed by atoms with van der Waals surface area (Å²) in [6.07, 6.45) is 4.06. The molecule has 5 rings (SSSR count). The highest BCUT2D eigenvalue weighted by molar-refractivity contribution is 5.83. The van der Waals surface area contributed by atoms with Crippen LogP contribution < -0.4 is 0 Å². The summed E-state index contributed by atoms with van der Waals surface area (Å²) in [4.78, 5) is 2.61. The summed E-state index contributed by atoms with van der Waals surface area (Å²) >= 11 is 0. The number of piperidine rings is 3. The molecule has 0 radical (unpaired) electrons. The van der Waals surface area contributed by atoms with E-state index in [1.54, 1.807) is 5.56 Å². The first-order valence-corrected chi connectivity index (χ1v) is 7.07. The van der Waals surface area contributed by atoms with Crippen molar-refractivity contribution in [3.8, 4) is 0 Å². The highest BCUT2D eigenvalue weighted by Gasteiger charge is 2.40. The third-order valence-corrected chi connectivity index (χ3v) is 5.08. The standard InChI is InChI=1S/C17H19N/c1-2-4-15-13-16(6-5-14(15)3-1)17-7-10-18(11-8-17)12-9-17/h1-6,13H,7-12H2. The predicted molar refractivity (Wildman–Crippen MR) is 75.9 cm³/mol. The van der Waals surface area contributed by atoms with Crippen molar-refractivity contribution in [2.45, 2.75) is 24.7 Å². The number of fused-ring (bicyclic) bond motifs is 4. The van der Waals surface area contributed by atoms with Gasteiger partial charge in [0, 0.05) is 0 Å². The Morgan fingerprint density at radius 1 is 0.778 bits per heavy atom. The van der Waals surface area contributed by atoms with Gasteiger partial charge in [-0.15, -0.1) is 0 Å². The SMILES string of the molecule is c1ccc2cc(C34CCN(CC3)CC4)ccc2c1. The molecule has 0 unspecified atom stereocenters. The summed E-state index contributed by atoms with van der Waals surface area (Å²) in [5.41, 5.74) is 2.07. The highest BCUT2D eigenvalue weighted by Crippen LogP contribution is 2.43. The van der Waals surface area contributed by atoms with Crippen molar-refractivity contribution < 1.29 is 0 Å². The average Bonchev–Trinajstić information content (AvgIpc) is 2.49. The van der Waals surface area contributed by atoms with Crippen LogP contribution in [-0.2, 0) is 5.41 Å². The van der Waals surface area contributed by atoms with Crippen molar-refractivity contribution in [2.75, 3.05) is 19.6 Å². The first-order valence-electron chi connectivity index (χ1n) is 7.07. The molecule has 0 amide bonds. The largest absolute Gasteiger partial charge is 0.303 e. The Labute approximate surface area is 108 Å². The molecule has 0 spiro atoms. The van der Waals surface area contributed by atoms with Gasteiger partial charge in [0.15, 0.2) is 0 Å². The van der Waals surface area contributed by atoms with E-state index in [2.05, 4.69) is 47.4 Å². The quantitative estimate of drug-likeness (QED) is 0.733. The highest BCUT2D eigenvalue weighted by atomic mass is 15.1. The van der Waals surface area contributed by atoms with E-state index < -0.39 is 0 Å². The monoisotopic (exact) mass is 237 g/mol. The van der Waals surface area contributed by atoms with Crippen LogP contribution in [0.4, 0.5) is 0 Å². The zero-order valence-electron chi connectivity index (χ0n) is 10.7. The molecule has 0 N–H and O–H groups in total. The number of benzene rings is 2. The third kappa shape index (κ3) is 1.50. The van der Waals surface area contributed by atoms with Gasteiger partial charge >= 0.3 is 0 Å². The minimum Gasteiger partial charge on any atom is -0.303 e. The zero-order valence-corrected chi connectivity index (χ0v) is 10.7. The van der Waals surface area contributed by atoms with Gasteiger partial charge in [-0.2, -0.15) is 0 Å². The lowest BCUT2D eigenvalue weighted by molar-refractivity contribution is 0.0818. The Morgan fingerprint density at radius 2 is 1.44 bits per heavy atom. The minimum atomic E-state index is 0.485. The normalized spacial score (nSPS) is 30.8. The smallest absolute Gasteiger partial charge is 0.00102 e. The summed E-state index contributed by atoms with van der Waals surface area (Å²) in [6, 6.07) is 15.8. The number of nitrogens with zero attached hydrogens (tertiary/aromatic N) is 1. The van der Waals surface area contributed by atoms with Gasteiger partial charge in [0.25, 0.3) is 0 Å². The summed E-state index contributed by atoms with van der Waals surface area (Å²) in [5, 5.41) is 2.77. The van der Waals surface area contributed by atoms with Crippen LogP contribution in [0.2, 0.25) is 0 Å². The maximum Gasteiger partial charge on any atom is -0.00102 e. The summed E-state index contributed by atoms with van der Waals surface area (Å²) < 4.78 is 0. The Kier molecular flexibility index (Phi) is 2.25. The fourth-order valence-electron chi connectivity index (χ4n) is 3.78. The lowest BCUT2D eigenvalue weighted by atomic mass is 9.67. The lowest BCUT2D eigenvalue weighted by Gasteiger charge is -2.49. The van der Waals surface area contributed by atoms with Gasteiger partial charge in [-0.1, -0.05) is 42.5 Å². The molecule has 92 valence electrons. The van der Waals surface area contributed by atoms with Gasteiger partial charge in [-0.25, -0.2) is 0 Å². The summed E-state index contributed by atoms with van der Waals surface area (Å²) in [7, 11) is 0. The van der Waals surface area contributed by atoms with E-state index >= 15 is 0 Å². The van der Waals surface area contributed by atoms with Crippen LogP contribution in [0.1, 0.15) is 24.8 Å². The summed E-state index contributed by atoms with van der Waals surface area (Å²) in [5.74, 6) is 0. The molecule has 2 aromatic carbocycles. The number of hydrogen-bond acceptors (Lipinski definition) is 1. The molecule has 18 heavy (non-hydrogen) atoms. The van der Waals surface area contributed by atoms with Crippen molar-refractivity contribution >= 4 is 10.8 Å². The molecular weight excluding hydrogens is 218 g/mol. The molecule has 3 saturated heterocycles. The Bertz CT molecular complexity index is 565. The fraction of sp³-hybridized carbons (Fsp3) is 0.412. The van der Waals surface area contributed by atoms with Crippen LogP contribution in [0.5, 0.6) is 0 Å². The van der Waals surface area contributed by atoms with E-state index in [-0.39, 0.29) is 0 Å². The van der Waals surface area contributed by atoms with E-state index in [9.17, 15) is 0 Å². The maximum atomic E-state index is 2.61. The van der Waals surface area contributed by atoms with Gasteiger partial charge in [-0.05, 0) is 60.6 Å². The second-order valence-corrected chi connectivity index (χ2v) is 5.93. The van der Waals surface area contributed by atoms with Gasteiger partial charge in [-0.3, -0.25) is 0 Å². The Hall–Kier alpha value is -1.34. The Balaban J connectivity index is 1.81. The molecule has 1 nitrogen and oxygen atoms in total. The Morgan fingerprint density at radius 3 is 2.17 bits per heavy atom. The molecule has 1 heteroatoms. The maximum absolute atomic E-state index is 2.61. The van der Waals surface area contributed by atoms with Crippen LogP contribution in [0, 0.1) is 0 Å². The molecule has 3 heterocycles. The third-order valence-electron chi connectivity index (χ3n) is 5.08. The van der Waals surface area contributed by atoms with Gasteiger partial charge < -0.3 is 4.90 Å². The van der Waals surface area contributed by atoms with Crippen molar-refractivity contribution in [3.05, 3.63) is 48.0 Å². The first kappa shape index (κ1) is 10.6. The first-order chi connectivity index (χ1) is 8.86.